The minimum Gasteiger partial charge on any atom is -0.497 e. The van der Waals surface area contributed by atoms with Crippen LogP contribution in [0, 0.1) is 17.2 Å². The number of rotatable bonds is 5. The molecule has 2 aromatic rings. The summed E-state index contributed by atoms with van der Waals surface area (Å²) in [5.74, 6) is 0.561. The third kappa shape index (κ3) is 4.68. The van der Waals surface area contributed by atoms with Crippen LogP contribution in [0.15, 0.2) is 48.5 Å². The lowest BCUT2D eigenvalue weighted by Gasteiger charge is -2.31. The molecule has 1 N–H and O–H groups in total. The molecule has 0 saturated carbocycles. The van der Waals surface area contributed by atoms with Gasteiger partial charge in [-0.05, 0) is 54.8 Å². The highest BCUT2D eigenvalue weighted by Gasteiger charge is 2.27. The van der Waals surface area contributed by atoms with Crippen LogP contribution in [0.25, 0.3) is 0 Å². The molecule has 1 fully saturated rings. The van der Waals surface area contributed by atoms with E-state index in [1.54, 1.807) is 36.3 Å². The molecule has 6 heteroatoms. The first-order chi connectivity index (χ1) is 13.6. The molecule has 1 saturated heterocycles. The van der Waals surface area contributed by atoms with Crippen LogP contribution in [0.1, 0.15) is 28.8 Å². The maximum atomic E-state index is 12.6. The zero-order valence-corrected chi connectivity index (χ0v) is 15.9. The number of carbonyl (C=O) groups excluding carboxylic acids is 2. The maximum Gasteiger partial charge on any atom is 0.253 e. The van der Waals surface area contributed by atoms with E-state index in [0.717, 1.165) is 11.3 Å². The number of carbonyl (C=O) groups is 2. The minimum atomic E-state index is -0.112. The summed E-state index contributed by atoms with van der Waals surface area (Å²) >= 11 is 0. The van der Waals surface area contributed by atoms with Gasteiger partial charge in [0.05, 0.1) is 19.6 Å². The first kappa shape index (κ1) is 19.4. The van der Waals surface area contributed by atoms with E-state index < -0.39 is 0 Å². The number of hydrogen-bond donors (Lipinski definition) is 1. The number of amides is 2. The van der Waals surface area contributed by atoms with Crippen LogP contribution in [0.4, 0.5) is 5.69 Å². The van der Waals surface area contributed by atoms with Gasteiger partial charge in [0.2, 0.25) is 5.91 Å². The number of nitrogens with one attached hydrogen (secondary N) is 1. The van der Waals surface area contributed by atoms with Crippen LogP contribution >= 0.6 is 0 Å². The molecular formula is C22H23N3O3. The number of piperidine rings is 1. The van der Waals surface area contributed by atoms with E-state index in [9.17, 15) is 9.59 Å². The Morgan fingerprint density at radius 1 is 1.11 bits per heavy atom. The van der Waals surface area contributed by atoms with Gasteiger partial charge in [-0.25, -0.2) is 0 Å². The van der Waals surface area contributed by atoms with Crippen molar-refractivity contribution in [2.75, 3.05) is 25.5 Å². The van der Waals surface area contributed by atoms with Crippen molar-refractivity contribution in [3.05, 3.63) is 59.7 Å². The zero-order chi connectivity index (χ0) is 19.9. The average molecular weight is 377 g/mol. The lowest BCUT2D eigenvalue weighted by molar-refractivity contribution is -0.121. The molecule has 0 spiro atoms. The summed E-state index contributed by atoms with van der Waals surface area (Å²) in [6.07, 6.45) is 1.63. The molecule has 2 amide bonds. The number of nitrogens with zero attached hydrogens (tertiary/aromatic N) is 2. The molecular weight excluding hydrogens is 354 g/mol. The van der Waals surface area contributed by atoms with E-state index in [4.69, 9.17) is 10.00 Å². The number of nitriles is 1. The van der Waals surface area contributed by atoms with Gasteiger partial charge in [0, 0.05) is 30.3 Å². The van der Waals surface area contributed by atoms with Crippen molar-refractivity contribution in [2.24, 2.45) is 5.92 Å². The van der Waals surface area contributed by atoms with Crippen molar-refractivity contribution in [3.8, 4) is 11.8 Å². The average Bonchev–Trinajstić information content (AvgIpc) is 2.75. The summed E-state index contributed by atoms with van der Waals surface area (Å²) in [6.45, 7) is 1.12. The topological polar surface area (TPSA) is 82.4 Å². The van der Waals surface area contributed by atoms with E-state index in [1.807, 2.05) is 24.3 Å². The highest BCUT2D eigenvalue weighted by Crippen LogP contribution is 2.22. The second-order valence-corrected chi connectivity index (χ2v) is 6.82. The second kappa shape index (κ2) is 9.05. The molecule has 0 unspecified atom stereocenters. The first-order valence-electron chi connectivity index (χ1n) is 9.31. The Morgan fingerprint density at radius 2 is 1.75 bits per heavy atom. The van der Waals surface area contributed by atoms with E-state index in [-0.39, 0.29) is 17.7 Å². The highest BCUT2D eigenvalue weighted by atomic mass is 16.5. The van der Waals surface area contributed by atoms with Gasteiger partial charge in [0.25, 0.3) is 5.91 Å². The number of hydrogen-bond acceptors (Lipinski definition) is 4. The van der Waals surface area contributed by atoms with Crippen LogP contribution in [0.2, 0.25) is 0 Å². The van der Waals surface area contributed by atoms with Crippen molar-refractivity contribution >= 4 is 17.5 Å². The third-order valence-corrected chi connectivity index (χ3v) is 4.99. The summed E-state index contributed by atoms with van der Waals surface area (Å²) in [5.41, 5.74) is 2.27. The molecule has 3 rings (SSSR count). The summed E-state index contributed by atoms with van der Waals surface area (Å²) in [4.78, 5) is 26.9. The summed E-state index contributed by atoms with van der Waals surface area (Å²) in [6, 6.07) is 16.5. The maximum absolute atomic E-state index is 12.6. The van der Waals surface area contributed by atoms with E-state index in [2.05, 4.69) is 11.4 Å². The smallest absolute Gasteiger partial charge is 0.253 e. The van der Waals surface area contributed by atoms with Crippen molar-refractivity contribution in [3.63, 3.8) is 0 Å². The van der Waals surface area contributed by atoms with Gasteiger partial charge in [-0.2, -0.15) is 5.26 Å². The van der Waals surface area contributed by atoms with Crippen LogP contribution in [0.3, 0.4) is 0 Å². The molecule has 0 aromatic heterocycles. The van der Waals surface area contributed by atoms with Crippen molar-refractivity contribution < 1.29 is 14.3 Å². The minimum absolute atomic E-state index is 0.0189. The van der Waals surface area contributed by atoms with Crippen LogP contribution < -0.4 is 10.1 Å². The van der Waals surface area contributed by atoms with E-state index >= 15 is 0 Å². The highest BCUT2D eigenvalue weighted by molar-refractivity contribution is 5.95. The summed E-state index contributed by atoms with van der Waals surface area (Å²) < 4.78 is 5.12. The second-order valence-electron chi connectivity index (χ2n) is 6.82. The fourth-order valence-electron chi connectivity index (χ4n) is 3.30. The molecule has 6 nitrogen and oxygen atoms in total. The third-order valence-electron chi connectivity index (χ3n) is 4.99. The zero-order valence-electron chi connectivity index (χ0n) is 15.9. The number of likely N-dealkylation sites (tertiary alicyclic amines) is 1. The van der Waals surface area contributed by atoms with Crippen molar-refractivity contribution in [1.82, 2.24) is 4.90 Å². The Morgan fingerprint density at radius 3 is 2.32 bits per heavy atom. The first-order valence-corrected chi connectivity index (χ1v) is 9.31. The SMILES string of the molecule is COc1ccc(C(=O)N2CCC(C(=O)Nc3ccc(CC#N)cc3)CC2)cc1. The summed E-state index contributed by atoms with van der Waals surface area (Å²) in [7, 11) is 1.59. The fraction of sp³-hybridized carbons (Fsp3) is 0.318. The predicted octanol–water partition coefficient (Wildman–Crippen LogP) is 3.25. The van der Waals surface area contributed by atoms with Crippen LogP contribution in [0.5, 0.6) is 5.75 Å². The Balaban J connectivity index is 1.51. The van der Waals surface area contributed by atoms with Gasteiger partial charge < -0.3 is 15.0 Å². The van der Waals surface area contributed by atoms with E-state index in [0.29, 0.717) is 43.7 Å². The van der Waals surface area contributed by atoms with Crippen molar-refractivity contribution in [1.29, 1.82) is 5.26 Å². The Kier molecular flexibility index (Phi) is 6.28. The van der Waals surface area contributed by atoms with Gasteiger partial charge >= 0.3 is 0 Å². The fourth-order valence-corrected chi connectivity index (χ4v) is 3.30. The van der Waals surface area contributed by atoms with Crippen LogP contribution in [-0.2, 0) is 11.2 Å². The quantitative estimate of drug-likeness (QED) is 0.867. The number of ether oxygens (including phenoxy) is 1. The number of methoxy groups -OCH3 is 1. The van der Waals surface area contributed by atoms with Gasteiger partial charge in [-0.3, -0.25) is 9.59 Å². The molecule has 28 heavy (non-hydrogen) atoms. The molecule has 1 aliphatic rings. The molecule has 0 radical (unpaired) electrons. The standard InChI is InChI=1S/C22H23N3O3/c1-28-20-8-4-18(5-9-20)22(27)25-14-11-17(12-15-25)21(26)24-19-6-2-16(3-7-19)10-13-23/h2-9,17H,10-12,14-15H2,1H3,(H,24,26). The van der Waals surface area contributed by atoms with Crippen LogP contribution in [-0.4, -0.2) is 36.9 Å². The molecule has 2 aromatic carbocycles. The van der Waals surface area contributed by atoms with Gasteiger partial charge in [-0.15, -0.1) is 0 Å². The molecule has 144 valence electrons. The van der Waals surface area contributed by atoms with Crippen molar-refractivity contribution in [2.45, 2.75) is 19.3 Å². The molecule has 1 aliphatic heterocycles. The number of anilines is 1. The van der Waals surface area contributed by atoms with Gasteiger partial charge in [0.15, 0.2) is 0 Å². The molecule has 1 heterocycles. The Labute approximate surface area is 164 Å². The summed E-state index contributed by atoms with van der Waals surface area (Å²) in [5, 5.41) is 11.6. The monoisotopic (exact) mass is 377 g/mol. The molecule has 0 bridgehead atoms. The Bertz CT molecular complexity index is 861. The van der Waals surface area contributed by atoms with Gasteiger partial charge in [0.1, 0.15) is 5.75 Å². The molecule has 0 aliphatic carbocycles. The predicted molar refractivity (Wildman–Crippen MR) is 106 cm³/mol. The van der Waals surface area contributed by atoms with Gasteiger partial charge in [-0.1, -0.05) is 12.1 Å². The Hall–Kier alpha value is -3.33. The van der Waals surface area contributed by atoms with E-state index in [1.165, 1.54) is 0 Å². The largest absolute Gasteiger partial charge is 0.497 e. The normalized spacial score (nSPS) is 14.2. The lowest BCUT2D eigenvalue weighted by Crippen LogP contribution is -2.41. The number of benzene rings is 2. The molecule has 0 atom stereocenters. The lowest BCUT2D eigenvalue weighted by atomic mass is 9.95.